The monoisotopic (exact) mass is 315 g/mol. The standard InChI is InChI=1S/C12H17N3O7/c1-13-10(20)14(6-2-4-8(16)17)12(22)15(11(13)21)7-3-5-9(18)19/h2-7H2,1H3,(H,16,17)(H,18,19). The van der Waals surface area contributed by atoms with Gasteiger partial charge in [0.25, 0.3) is 0 Å². The zero-order valence-electron chi connectivity index (χ0n) is 12.0. The Hall–Kier alpha value is -2.65. The maximum absolute atomic E-state index is 12.1. The largest absolute Gasteiger partial charge is 0.481 e. The van der Waals surface area contributed by atoms with Crippen LogP contribution >= 0.6 is 0 Å². The average molecular weight is 315 g/mol. The summed E-state index contributed by atoms with van der Waals surface area (Å²) < 4.78 is 2.30. The van der Waals surface area contributed by atoms with Crippen LogP contribution < -0.4 is 17.1 Å². The molecule has 0 atom stereocenters. The number of rotatable bonds is 8. The highest BCUT2D eigenvalue weighted by Crippen LogP contribution is 1.92. The van der Waals surface area contributed by atoms with E-state index in [-0.39, 0.29) is 38.8 Å². The molecule has 0 bridgehead atoms. The van der Waals surface area contributed by atoms with E-state index in [1.807, 2.05) is 0 Å². The van der Waals surface area contributed by atoms with Gasteiger partial charge in [-0.25, -0.2) is 28.1 Å². The quantitative estimate of drug-likeness (QED) is 0.591. The maximum atomic E-state index is 12.1. The number of carboxylic acids is 2. The smallest absolute Gasteiger partial charge is 0.336 e. The molecule has 0 aromatic carbocycles. The van der Waals surface area contributed by atoms with Crippen LogP contribution in [-0.2, 0) is 29.7 Å². The molecule has 0 saturated heterocycles. The fourth-order valence-electron chi connectivity index (χ4n) is 1.91. The summed E-state index contributed by atoms with van der Waals surface area (Å²) in [6.07, 6.45) is -0.295. The van der Waals surface area contributed by atoms with Crippen LogP contribution in [0, 0.1) is 0 Å². The third-order valence-electron chi connectivity index (χ3n) is 3.04. The molecule has 1 heterocycles. The summed E-state index contributed by atoms with van der Waals surface area (Å²) in [7, 11) is 1.20. The van der Waals surface area contributed by atoms with Crippen LogP contribution in [0.25, 0.3) is 0 Å². The molecular weight excluding hydrogens is 298 g/mol. The fourth-order valence-corrected chi connectivity index (χ4v) is 1.91. The lowest BCUT2D eigenvalue weighted by molar-refractivity contribution is -0.138. The summed E-state index contributed by atoms with van der Waals surface area (Å²) in [5.41, 5.74) is -2.51. The first kappa shape index (κ1) is 17.4. The molecule has 0 saturated carbocycles. The number of hydrogen-bond acceptors (Lipinski definition) is 5. The summed E-state index contributed by atoms with van der Waals surface area (Å²) in [5.74, 6) is -2.11. The zero-order chi connectivity index (χ0) is 16.9. The van der Waals surface area contributed by atoms with Gasteiger partial charge in [-0.15, -0.1) is 0 Å². The molecule has 1 aromatic heterocycles. The Labute approximate surface area is 123 Å². The van der Waals surface area contributed by atoms with Crippen molar-refractivity contribution in [3.8, 4) is 0 Å². The number of carboxylic acid groups (broad SMARTS) is 2. The van der Waals surface area contributed by atoms with Crippen LogP contribution in [0.2, 0.25) is 0 Å². The summed E-state index contributed by atoms with van der Waals surface area (Å²) in [6.45, 7) is -0.256. The Bertz CT molecular complexity index is 682. The lowest BCUT2D eigenvalue weighted by Gasteiger charge is -2.11. The van der Waals surface area contributed by atoms with Gasteiger partial charge in [-0.2, -0.15) is 0 Å². The summed E-state index contributed by atoms with van der Waals surface area (Å²) in [6, 6.07) is 0. The molecule has 122 valence electrons. The lowest BCUT2D eigenvalue weighted by atomic mass is 10.3. The summed E-state index contributed by atoms with van der Waals surface area (Å²) in [5, 5.41) is 17.1. The molecule has 0 unspecified atom stereocenters. The first-order valence-corrected chi connectivity index (χ1v) is 6.60. The van der Waals surface area contributed by atoms with E-state index in [0.717, 1.165) is 13.7 Å². The van der Waals surface area contributed by atoms with Gasteiger partial charge in [0, 0.05) is 33.0 Å². The van der Waals surface area contributed by atoms with Gasteiger partial charge in [0.2, 0.25) is 0 Å². The van der Waals surface area contributed by atoms with Crippen molar-refractivity contribution in [2.45, 2.75) is 38.8 Å². The highest BCUT2D eigenvalue weighted by molar-refractivity contribution is 5.66. The summed E-state index contributed by atoms with van der Waals surface area (Å²) in [4.78, 5) is 56.9. The normalized spacial score (nSPS) is 10.6. The maximum Gasteiger partial charge on any atom is 0.336 e. The Kier molecular flexibility index (Phi) is 5.84. The number of carbonyl (C=O) groups is 2. The number of aromatic nitrogens is 3. The van der Waals surface area contributed by atoms with E-state index in [1.54, 1.807) is 0 Å². The van der Waals surface area contributed by atoms with Gasteiger partial charge < -0.3 is 10.2 Å². The van der Waals surface area contributed by atoms with Crippen LogP contribution in [0.3, 0.4) is 0 Å². The lowest BCUT2D eigenvalue weighted by Crippen LogP contribution is -2.53. The Balaban J connectivity index is 3.12. The average Bonchev–Trinajstić information content (AvgIpc) is 2.43. The van der Waals surface area contributed by atoms with Crippen LogP contribution in [-0.4, -0.2) is 35.9 Å². The zero-order valence-corrected chi connectivity index (χ0v) is 12.0. The van der Waals surface area contributed by atoms with Gasteiger partial charge in [0.1, 0.15) is 0 Å². The molecule has 1 rings (SSSR count). The second-order valence-electron chi connectivity index (χ2n) is 4.70. The van der Waals surface area contributed by atoms with E-state index in [4.69, 9.17) is 10.2 Å². The van der Waals surface area contributed by atoms with E-state index < -0.39 is 29.0 Å². The molecule has 0 radical (unpaired) electrons. The molecule has 0 aliphatic heterocycles. The van der Waals surface area contributed by atoms with Crippen molar-refractivity contribution in [2.24, 2.45) is 7.05 Å². The van der Waals surface area contributed by atoms with E-state index >= 15 is 0 Å². The Morgan fingerprint density at radius 1 is 0.818 bits per heavy atom. The predicted molar refractivity (Wildman–Crippen MR) is 73.9 cm³/mol. The molecule has 1 aromatic rings. The van der Waals surface area contributed by atoms with E-state index in [2.05, 4.69) is 0 Å². The molecular formula is C12H17N3O7. The SMILES string of the molecule is Cn1c(=O)n(CCCC(=O)O)c(=O)n(CCCC(=O)O)c1=O. The van der Waals surface area contributed by atoms with Crippen molar-refractivity contribution in [3.63, 3.8) is 0 Å². The first-order chi connectivity index (χ1) is 10.3. The van der Waals surface area contributed by atoms with Crippen LogP contribution in [0.5, 0.6) is 0 Å². The van der Waals surface area contributed by atoms with Crippen molar-refractivity contribution in [3.05, 3.63) is 31.5 Å². The predicted octanol–water partition coefficient (Wildman–Crippen LogP) is -1.56. The fraction of sp³-hybridized carbons (Fsp3) is 0.583. The minimum atomic E-state index is -1.06. The van der Waals surface area contributed by atoms with Gasteiger partial charge in [-0.05, 0) is 12.8 Å². The second-order valence-corrected chi connectivity index (χ2v) is 4.70. The third kappa shape index (κ3) is 4.17. The molecule has 0 aliphatic carbocycles. The number of nitrogens with zero attached hydrogens (tertiary/aromatic N) is 3. The third-order valence-corrected chi connectivity index (χ3v) is 3.04. The molecule has 0 spiro atoms. The first-order valence-electron chi connectivity index (χ1n) is 6.60. The topological polar surface area (TPSA) is 141 Å². The van der Waals surface area contributed by atoms with E-state index in [0.29, 0.717) is 0 Å². The molecule has 22 heavy (non-hydrogen) atoms. The molecule has 10 nitrogen and oxygen atoms in total. The molecule has 0 aliphatic rings. The minimum Gasteiger partial charge on any atom is -0.481 e. The Morgan fingerprint density at radius 2 is 1.18 bits per heavy atom. The van der Waals surface area contributed by atoms with Crippen molar-refractivity contribution < 1.29 is 19.8 Å². The van der Waals surface area contributed by atoms with Crippen molar-refractivity contribution >= 4 is 11.9 Å². The van der Waals surface area contributed by atoms with Crippen molar-refractivity contribution in [2.75, 3.05) is 0 Å². The van der Waals surface area contributed by atoms with Crippen molar-refractivity contribution in [1.29, 1.82) is 0 Å². The molecule has 10 heteroatoms. The van der Waals surface area contributed by atoms with Gasteiger partial charge in [0.15, 0.2) is 0 Å². The molecule has 2 N–H and O–H groups in total. The number of hydrogen-bond donors (Lipinski definition) is 2. The van der Waals surface area contributed by atoms with Crippen LogP contribution in [0.4, 0.5) is 0 Å². The van der Waals surface area contributed by atoms with E-state index in [1.165, 1.54) is 7.05 Å². The van der Waals surface area contributed by atoms with E-state index in [9.17, 15) is 24.0 Å². The summed E-state index contributed by atoms with van der Waals surface area (Å²) >= 11 is 0. The number of aliphatic carboxylic acids is 2. The Morgan fingerprint density at radius 3 is 1.50 bits per heavy atom. The van der Waals surface area contributed by atoms with Gasteiger partial charge in [0.05, 0.1) is 0 Å². The van der Waals surface area contributed by atoms with Gasteiger partial charge in [-0.1, -0.05) is 0 Å². The highest BCUT2D eigenvalue weighted by atomic mass is 16.4. The van der Waals surface area contributed by atoms with Crippen molar-refractivity contribution in [1.82, 2.24) is 13.7 Å². The van der Waals surface area contributed by atoms with Crippen LogP contribution in [0.1, 0.15) is 25.7 Å². The second kappa shape index (κ2) is 7.38. The van der Waals surface area contributed by atoms with Crippen LogP contribution in [0.15, 0.2) is 14.4 Å². The molecule has 0 amide bonds. The highest BCUT2D eigenvalue weighted by Gasteiger charge is 2.13. The van der Waals surface area contributed by atoms with Gasteiger partial charge >= 0.3 is 29.0 Å². The van der Waals surface area contributed by atoms with Gasteiger partial charge in [-0.3, -0.25) is 9.59 Å². The minimum absolute atomic E-state index is 0.0673. The molecule has 0 fully saturated rings.